The van der Waals surface area contributed by atoms with E-state index in [2.05, 4.69) is 59.5 Å². The van der Waals surface area contributed by atoms with Crippen LogP contribution in [0.4, 0.5) is 0 Å². The highest BCUT2D eigenvalue weighted by molar-refractivity contribution is 9.11. The van der Waals surface area contributed by atoms with Crippen LogP contribution in [0.25, 0.3) is 0 Å². The summed E-state index contributed by atoms with van der Waals surface area (Å²) in [5, 5.41) is 5.82. The third kappa shape index (κ3) is 2.99. The minimum Gasteiger partial charge on any atom is -0.306 e. The van der Waals surface area contributed by atoms with Crippen LogP contribution in [-0.2, 0) is 0 Å². The Morgan fingerprint density at radius 3 is 2.59 bits per heavy atom. The van der Waals surface area contributed by atoms with Gasteiger partial charge in [0.1, 0.15) is 0 Å². The molecule has 0 amide bonds. The highest BCUT2D eigenvalue weighted by Gasteiger charge is 2.17. The minimum absolute atomic E-state index is 0.333. The van der Waals surface area contributed by atoms with E-state index in [-0.39, 0.29) is 0 Å². The summed E-state index contributed by atoms with van der Waals surface area (Å²) in [4.78, 5) is 2.75. The van der Waals surface area contributed by atoms with E-state index in [1.54, 1.807) is 0 Å². The molecule has 2 heterocycles. The van der Waals surface area contributed by atoms with Crippen molar-refractivity contribution >= 4 is 38.6 Å². The Bertz CT molecular complexity index is 482. The van der Waals surface area contributed by atoms with Gasteiger partial charge in [-0.25, -0.2) is 0 Å². The van der Waals surface area contributed by atoms with Crippen molar-refractivity contribution < 1.29 is 0 Å². The first-order chi connectivity index (χ1) is 8.11. The van der Waals surface area contributed by atoms with Crippen molar-refractivity contribution in [2.75, 3.05) is 6.54 Å². The zero-order valence-electron chi connectivity index (χ0n) is 10.2. The molecule has 2 aromatic heterocycles. The maximum absolute atomic E-state index is 3.61. The predicted molar refractivity (Wildman–Crippen MR) is 81.3 cm³/mol. The van der Waals surface area contributed by atoms with Gasteiger partial charge in [0.25, 0.3) is 0 Å². The Kier molecular flexibility index (Phi) is 4.42. The monoisotopic (exact) mass is 329 g/mol. The van der Waals surface area contributed by atoms with Gasteiger partial charge in [0.15, 0.2) is 0 Å². The zero-order chi connectivity index (χ0) is 12.4. The van der Waals surface area contributed by atoms with E-state index in [1.165, 1.54) is 24.7 Å². The first-order valence-corrected chi connectivity index (χ1v) is 8.15. The van der Waals surface area contributed by atoms with Crippen LogP contribution in [0.1, 0.15) is 33.8 Å². The van der Waals surface area contributed by atoms with Gasteiger partial charge < -0.3 is 5.32 Å². The molecule has 1 atom stereocenters. The second-order valence-electron chi connectivity index (χ2n) is 4.09. The van der Waals surface area contributed by atoms with Gasteiger partial charge in [0.05, 0.1) is 9.83 Å². The molecule has 0 aliphatic heterocycles. The van der Waals surface area contributed by atoms with E-state index in [0.29, 0.717) is 6.04 Å². The molecule has 1 N–H and O–H groups in total. The molecule has 0 fully saturated rings. The molecule has 1 unspecified atom stereocenters. The molecule has 0 aliphatic rings. The summed E-state index contributed by atoms with van der Waals surface area (Å²) in [6.07, 6.45) is 0. The van der Waals surface area contributed by atoms with Crippen molar-refractivity contribution in [1.82, 2.24) is 5.32 Å². The summed E-state index contributed by atoms with van der Waals surface area (Å²) in [7, 11) is 0. The van der Waals surface area contributed by atoms with Crippen LogP contribution in [0, 0.1) is 13.8 Å². The molecule has 17 heavy (non-hydrogen) atoms. The molecule has 0 aliphatic carbocycles. The molecular weight excluding hydrogens is 314 g/mol. The fourth-order valence-electron chi connectivity index (χ4n) is 1.83. The van der Waals surface area contributed by atoms with Crippen molar-refractivity contribution in [2.24, 2.45) is 0 Å². The molecule has 92 valence electrons. The van der Waals surface area contributed by atoms with Gasteiger partial charge in [-0.15, -0.1) is 22.7 Å². The molecule has 1 nitrogen and oxygen atoms in total. The fourth-order valence-corrected chi connectivity index (χ4v) is 4.23. The summed E-state index contributed by atoms with van der Waals surface area (Å²) >= 11 is 7.25. The van der Waals surface area contributed by atoms with E-state index in [1.807, 2.05) is 22.7 Å². The minimum atomic E-state index is 0.333. The first-order valence-electron chi connectivity index (χ1n) is 5.66. The average Bonchev–Trinajstić information content (AvgIpc) is 2.83. The van der Waals surface area contributed by atoms with Gasteiger partial charge in [-0.1, -0.05) is 6.92 Å². The average molecular weight is 330 g/mol. The van der Waals surface area contributed by atoms with Gasteiger partial charge in [-0.2, -0.15) is 0 Å². The molecule has 0 radical (unpaired) electrons. The third-order valence-corrected chi connectivity index (χ3v) is 5.73. The number of thiophene rings is 2. The van der Waals surface area contributed by atoms with Crippen molar-refractivity contribution in [2.45, 2.75) is 26.8 Å². The first kappa shape index (κ1) is 13.3. The van der Waals surface area contributed by atoms with Gasteiger partial charge in [-0.3, -0.25) is 0 Å². The van der Waals surface area contributed by atoms with Crippen molar-refractivity contribution in [3.63, 3.8) is 0 Å². The van der Waals surface area contributed by atoms with Crippen molar-refractivity contribution in [3.8, 4) is 0 Å². The van der Waals surface area contributed by atoms with Crippen molar-refractivity contribution in [1.29, 1.82) is 0 Å². The molecule has 0 saturated carbocycles. The third-order valence-electron chi connectivity index (χ3n) is 2.65. The standard InChI is InChI=1S/C13H16BrNS2/c1-4-15-12(10-6-9(3)16-7-10)11-5-8(2)13(14)17-11/h5-7,12,15H,4H2,1-3H3. The summed E-state index contributed by atoms with van der Waals surface area (Å²) in [5.74, 6) is 0. The van der Waals surface area contributed by atoms with Gasteiger partial charge >= 0.3 is 0 Å². The van der Waals surface area contributed by atoms with E-state index in [4.69, 9.17) is 0 Å². The lowest BCUT2D eigenvalue weighted by Gasteiger charge is -2.14. The molecule has 2 rings (SSSR count). The lowest BCUT2D eigenvalue weighted by molar-refractivity contribution is 0.641. The van der Waals surface area contributed by atoms with Gasteiger partial charge in [0.2, 0.25) is 0 Å². The highest BCUT2D eigenvalue weighted by Crippen LogP contribution is 2.35. The molecule has 0 saturated heterocycles. The number of aryl methyl sites for hydroxylation is 2. The number of hydrogen-bond acceptors (Lipinski definition) is 3. The second kappa shape index (κ2) is 5.65. The maximum atomic E-state index is 3.61. The van der Waals surface area contributed by atoms with E-state index >= 15 is 0 Å². The van der Waals surface area contributed by atoms with Crippen LogP contribution in [0.2, 0.25) is 0 Å². The van der Waals surface area contributed by atoms with Crippen LogP contribution in [-0.4, -0.2) is 6.54 Å². The molecule has 4 heteroatoms. The smallest absolute Gasteiger partial charge is 0.0731 e. The summed E-state index contributed by atoms with van der Waals surface area (Å²) < 4.78 is 1.24. The Balaban J connectivity index is 2.34. The number of rotatable bonds is 4. The fraction of sp³-hybridized carbons (Fsp3) is 0.385. The quantitative estimate of drug-likeness (QED) is 0.842. The lowest BCUT2D eigenvalue weighted by Crippen LogP contribution is -2.20. The van der Waals surface area contributed by atoms with E-state index in [9.17, 15) is 0 Å². The molecule has 2 aromatic rings. The number of halogens is 1. The Labute approximate surface area is 119 Å². The van der Waals surface area contributed by atoms with E-state index < -0.39 is 0 Å². The molecule has 0 spiro atoms. The van der Waals surface area contributed by atoms with Crippen LogP contribution in [0.5, 0.6) is 0 Å². The Morgan fingerprint density at radius 1 is 1.35 bits per heavy atom. The Morgan fingerprint density at radius 2 is 2.12 bits per heavy atom. The summed E-state index contributed by atoms with van der Waals surface area (Å²) in [6, 6.07) is 4.88. The number of hydrogen-bond donors (Lipinski definition) is 1. The zero-order valence-corrected chi connectivity index (χ0v) is 13.4. The van der Waals surface area contributed by atoms with Gasteiger partial charge in [0, 0.05) is 9.75 Å². The molecule has 0 aromatic carbocycles. The molecule has 0 bridgehead atoms. The predicted octanol–water partition coefficient (Wildman–Crippen LogP) is 4.89. The normalized spacial score (nSPS) is 12.9. The van der Waals surface area contributed by atoms with E-state index in [0.717, 1.165) is 6.54 Å². The SMILES string of the molecule is CCNC(c1csc(C)c1)c1cc(C)c(Br)s1. The molecular formula is C13H16BrNS2. The Hall–Kier alpha value is -0.160. The largest absolute Gasteiger partial charge is 0.306 e. The second-order valence-corrected chi connectivity index (χ2v) is 7.60. The van der Waals surface area contributed by atoms with Crippen LogP contribution < -0.4 is 5.32 Å². The van der Waals surface area contributed by atoms with Crippen LogP contribution in [0.3, 0.4) is 0 Å². The van der Waals surface area contributed by atoms with Crippen LogP contribution in [0.15, 0.2) is 21.3 Å². The summed E-state index contributed by atoms with van der Waals surface area (Å²) in [6.45, 7) is 7.44. The van der Waals surface area contributed by atoms with Crippen LogP contribution >= 0.6 is 38.6 Å². The van der Waals surface area contributed by atoms with Crippen molar-refractivity contribution in [3.05, 3.63) is 42.2 Å². The lowest BCUT2D eigenvalue weighted by atomic mass is 10.1. The number of nitrogens with one attached hydrogen (secondary N) is 1. The topological polar surface area (TPSA) is 12.0 Å². The highest BCUT2D eigenvalue weighted by atomic mass is 79.9. The summed E-state index contributed by atoms with van der Waals surface area (Å²) in [5.41, 5.74) is 2.70. The maximum Gasteiger partial charge on any atom is 0.0731 e. The van der Waals surface area contributed by atoms with Gasteiger partial charge in [-0.05, 0) is 65.0 Å².